The van der Waals surface area contributed by atoms with Crippen molar-refractivity contribution in [2.45, 2.75) is 31.0 Å². The van der Waals surface area contributed by atoms with Gasteiger partial charge in [0, 0.05) is 44.0 Å². The van der Waals surface area contributed by atoms with E-state index in [0.29, 0.717) is 6.04 Å². The molecule has 4 rings (SSSR count). The third-order valence-electron chi connectivity index (χ3n) is 4.51. The van der Waals surface area contributed by atoms with Gasteiger partial charge >= 0.3 is 0 Å². The summed E-state index contributed by atoms with van der Waals surface area (Å²) in [5, 5.41) is 3.42. The summed E-state index contributed by atoms with van der Waals surface area (Å²) in [7, 11) is 0. The Balaban J connectivity index is 1.34. The van der Waals surface area contributed by atoms with Gasteiger partial charge in [-0.25, -0.2) is 4.98 Å². The Morgan fingerprint density at radius 2 is 2.41 bits per heavy atom. The van der Waals surface area contributed by atoms with Gasteiger partial charge in [0.2, 0.25) is 0 Å². The minimum absolute atomic E-state index is 0.0103. The highest BCUT2D eigenvalue weighted by molar-refractivity contribution is 5.32. The van der Waals surface area contributed by atoms with Crippen LogP contribution in [-0.2, 0) is 11.3 Å². The third-order valence-corrected chi connectivity index (χ3v) is 4.51. The molecule has 2 aliphatic heterocycles. The second-order valence-electron chi connectivity index (χ2n) is 6.22. The standard InChI is InChI=1S/C16H20N4O2/c1-6-21-10-13(1)9-20-5-2-16(12-20)7-14(11-22-16)19-15-8-17-3-4-18-15/h1,3-4,6,8,10,14H,2,5,7,9,11-12H2,(H,18,19)/t14-,16-/m0/s1. The molecule has 2 aromatic rings. The number of hydrogen-bond donors (Lipinski definition) is 1. The number of nitrogens with zero attached hydrogens (tertiary/aromatic N) is 3. The van der Waals surface area contributed by atoms with Gasteiger partial charge in [0.1, 0.15) is 5.82 Å². The van der Waals surface area contributed by atoms with Gasteiger partial charge in [-0.1, -0.05) is 0 Å². The Bertz CT molecular complexity index is 604. The highest BCUT2D eigenvalue weighted by Gasteiger charge is 2.45. The predicted molar refractivity (Wildman–Crippen MR) is 81.3 cm³/mol. The van der Waals surface area contributed by atoms with E-state index in [9.17, 15) is 0 Å². The third kappa shape index (κ3) is 2.84. The normalized spacial score (nSPS) is 28.5. The van der Waals surface area contributed by atoms with Crippen molar-refractivity contribution in [2.24, 2.45) is 0 Å². The van der Waals surface area contributed by atoms with Gasteiger partial charge in [-0.15, -0.1) is 0 Å². The molecule has 0 aliphatic carbocycles. The molecule has 2 aromatic heterocycles. The first-order chi connectivity index (χ1) is 10.8. The quantitative estimate of drug-likeness (QED) is 0.930. The van der Waals surface area contributed by atoms with Crippen LogP contribution < -0.4 is 5.32 Å². The van der Waals surface area contributed by atoms with Gasteiger partial charge < -0.3 is 14.5 Å². The minimum atomic E-state index is -0.0103. The lowest BCUT2D eigenvalue weighted by atomic mass is 9.97. The zero-order valence-corrected chi connectivity index (χ0v) is 12.4. The zero-order valence-electron chi connectivity index (χ0n) is 12.4. The number of ether oxygens (including phenoxy) is 1. The molecule has 6 heteroatoms. The van der Waals surface area contributed by atoms with Crippen LogP contribution in [0.5, 0.6) is 0 Å². The Labute approximate surface area is 129 Å². The molecule has 6 nitrogen and oxygen atoms in total. The molecule has 22 heavy (non-hydrogen) atoms. The van der Waals surface area contributed by atoms with Crippen LogP contribution in [0.2, 0.25) is 0 Å². The van der Waals surface area contributed by atoms with E-state index in [1.165, 1.54) is 5.56 Å². The van der Waals surface area contributed by atoms with E-state index >= 15 is 0 Å². The van der Waals surface area contributed by atoms with Crippen molar-refractivity contribution in [3.8, 4) is 0 Å². The molecule has 0 saturated carbocycles. The van der Waals surface area contributed by atoms with Crippen LogP contribution in [0.25, 0.3) is 0 Å². The Morgan fingerprint density at radius 1 is 1.41 bits per heavy atom. The first-order valence-corrected chi connectivity index (χ1v) is 7.71. The molecule has 2 saturated heterocycles. The molecule has 2 fully saturated rings. The predicted octanol–water partition coefficient (Wildman–Crippen LogP) is 1.92. The van der Waals surface area contributed by atoms with Crippen molar-refractivity contribution in [1.29, 1.82) is 0 Å². The van der Waals surface area contributed by atoms with E-state index in [2.05, 4.69) is 20.2 Å². The maximum absolute atomic E-state index is 6.16. The Kier molecular flexibility index (Phi) is 3.56. The van der Waals surface area contributed by atoms with E-state index < -0.39 is 0 Å². The second-order valence-corrected chi connectivity index (χ2v) is 6.22. The first kappa shape index (κ1) is 13.7. The van der Waals surface area contributed by atoms with Crippen LogP contribution in [0.3, 0.4) is 0 Å². The maximum Gasteiger partial charge on any atom is 0.144 e. The summed E-state index contributed by atoms with van der Waals surface area (Å²) in [6.07, 6.45) is 10.8. The summed E-state index contributed by atoms with van der Waals surface area (Å²) >= 11 is 0. The number of rotatable bonds is 4. The van der Waals surface area contributed by atoms with Gasteiger partial charge in [-0.3, -0.25) is 9.88 Å². The van der Waals surface area contributed by atoms with Crippen LogP contribution in [0, 0.1) is 0 Å². The molecule has 0 aromatic carbocycles. The van der Waals surface area contributed by atoms with Crippen molar-refractivity contribution in [3.63, 3.8) is 0 Å². The smallest absolute Gasteiger partial charge is 0.144 e. The van der Waals surface area contributed by atoms with Crippen molar-refractivity contribution in [1.82, 2.24) is 14.9 Å². The van der Waals surface area contributed by atoms with Crippen molar-refractivity contribution in [3.05, 3.63) is 42.7 Å². The molecule has 0 unspecified atom stereocenters. The van der Waals surface area contributed by atoms with Crippen LogP contribution in [-0.4, -0.2) is 46.2 Å². The fourth-order valence-electron chi connectivity index (χ4n) is 3.51. The molecular formula is C16H20N4O2. The van der Waals surface area contributed by atoms with Crippen LogP contribution >= 0.6 is 0 Å². The number of aromatic nitrogens is 2. The monoisotopic (exact) mass is 300 g/mol. The molecule has 1 spiro atoms. The second kappa shape index (κ2) is 5.70. The average molecular weight is 300 g/mol. The summed E-state index contributed by atoms with van der Waals surface area (Å²) in [5.74, 6) is 0.821. The van der Waals surface area contributed by atoms with Crippen molar-refractivity contribution >= 4 is 5.82 Å². The van der Waals surface area contributed by atoms with Gasteiger partial charge in [-0.05, 0) is 12.5 Å². The summed E-state index contributed by atoms with van der Waals surface area (Å²) in [6, 6.07) is 2.34. The molecule has 0 amide bonds. The van der Waals surface area contributed by atoms with Crippen molar-refractivity contribution in [2.75, 3.05) is 25.0 Å². The highest BCUT2D eigenvalue weighted by Crippen LogP contribution is 2.36. The highest BCUT2D eigenvalue weighted by atomic mass is 16.5. The minimum Gasteiger partial charge on any atom is -0.472 e. The van der Waals surface area contributed by atoms with Crippen molar-refractivity contribution < 1.29 is 9.15 Å². The average Bonchev–Trinajstić information content (AvgIpc) is 3.25. The lowest BCUT2D eigenvalue weighted by Crippen LogP contribution is -2.33. The molecule has 1 N–H and O–H groups in total. The molecule has 2 aliphatic rings. The molecule has 2 atom stereocenters. The van der Waals surface area contributed by atoms with Crippen LogP contribution in [0.1, 0.15) is 18.4 Å². The molecule has 4 heterocycles. The largest absolute Gasteiger partial charge is 0.472 e. The number of furan rings is 1. The zero-order chi connectivity index (χ0) is 14.8. The lowest BCUT2D eigenvalue weighted by molar-refractivity contribution is 0.0120. The van der Waals surface area contributed by atoms with E-state index in [4.69, 9.17) is 9.15 Å². The number of hydrogen-bond acceptors (Lipinski definition) is 6. The summed E-state index contributed by atoms with van der Waals surface area (Å²) in [6.45, 7) is 3.72. The molecule has 0 bridgehead atoms. The maximum atomic E-state index is 6.16. The summed E-state index contributed by atoms with van der Waals surface area (Å²) in [5.41, 5.74) is 1.22. The Morgan fingerprint density at radius 3 is 3.23 bits per heavy atom. The molecular weight excluding hydrogens is 280 g/mol. The van der Waals surface area contributed by atoms with E-state index in [-0.39, 0.29) is 5.60 Å². The topological polar surface area (TPSA) is 63.4 Å². The number of nitrogens with one attached hydrogen (secondary N) is 1. The van der Waals surface area contributed by atoms with E-state index in [0.717, 1.165) is 44.9 Å². The van der Waals surface area contributed by atoms with Gasteiger partial charge in [-0.2, -0.15) is 0 Å². The Hall–Kier alpha value is -1.92. The summed E-state index contributed by atoms with van der Waals surface area (Å²) < 4.78 is 11.3. The number of likely N-dealkylation sites (tertiary alicyclic amines) is 1. The lowest BCUT2D eigenvalue weighted by Gasteiger charge is -2.23. The van der Waals surface area contributed by atoms with E-state index in [1.807, 2.05) is 12.3 Å². The molecule has 116 valence electrons. The summed E-state index contributed by atoms with van der Waals surface area (Å²) in [4.78, 5) is 10.8. The van der Waals surface area contributed by atoms with Gasteiger partial charge in [0.25, 0.3) is 0 Å². The number of anilines is 1. The SMILES string of the molecule is c1cnc(N[C@@H]2CO[C@@]3(CCN(Cc4ccoc4)C3)C2)cn1. The van der Waals surface area contributed by atoms with Crippen LogP contribution in [0.15, 0.2) is 41.6 Å². The van der Waals surface area contributed by atoms with Gasteiger partial charge in [0.05, 0.1) is 37.0 Å². The fourth-order valence-corrected chi connectivity index (χ4v) is 3.51. The fraction of sp³-hybridized carbons (Fsp3) is 0.500. The van der Waals surface area contributed by atoms with Crippen LogP contribution in [0.4, 0.5) is 5.82 Å². The first-order valence-electron chi connectivity index (χ1n) is 7.71. The van der Waals surface area contributed by atoms with Gasteiger partial charge in [0.15, 0.2) is 0 Å². The van der Waals surface area contributed by atoms with E-state index in [1.54, 1.807) is 24.9 Å². The molecule has 0 radical (unpaired) electrons.